The van der Waals surface area contributed by atoms with E-state index in [2.05, 4.69) is 5.10 Å². The molecule has 1 aliphatic heterocycles. The Labute approximate surface area is 178 Å². The molecular formula is C24H21FN2O4. The Morgan fingerprint density at radius 1 is 1.19 bits per heavy atom. The van der Waals surface area contributed by atoms with Crippen LogP contribution in [0.15, 0.2) is 70.4 Å². The molecule has 0 fully saturated rings. The molecule has 1 unspecified atom stereocenters. The van der Waals surface area contributed by atoms with E-state index < -0.39 is 17.8 Å². The van der Waals surface area contributed by atoms with Crippen LogP contribution in [0.4, 0.5) is 4.39 Å². The largest absolute Gasteiger partial charge is 0.483 e. The van der Waals surface area contributed by atoms with Gasteiger partial charge in [-0.05, 0) is 49.7 Å². The first kappa shape index (κ1) is 20.5. The lowest BCUT2D eigenvalue weighted by atomic mass is 10.0. The van der Waals surface area contributed by atoms with Gasteiger partial charge in [0.2, 0.25) is 0 Å². The van der Waals surface area contributed by atoms with E-state index in [0.717, 1.165) is 22.9 Å². The fraction of sp³-hybridized carbons (Fsp3) is 0.208. The number of amides is 1. The van der Waals surface area contributed by atoms with E-state index >= 15 is 0 Å². The summed E-state index contributed by atoms with van der Waals surface area (Å²) < 4.78 is 24.6. The quantitative estimate of drug-likeness (QED) is 0.543. The highest BCUT2D eigenvalue weighted by Gasteiger charge is 2.35. The Kier molecular flexibility index (Phi) is 5.66. The standard InChI is InChI=1S/C24H21FN2O4/c1-15-5-7-17(8-6-15)20-13-21(23-4-3-11-30-23)27(26-20)24(29)14-31-22-10-9-18(25)12-19(22)16(2)28/h3-12,21H,13-14H2,1-2H3. The molecule has 0 spiro atoms. The van der Waals surface area contributed by atoms with Crippen molar-refractivity contribution in [1.29, 1.82) is 0 Å². The number of carbonyl (C=O) groups excluding carboxylic acids is 2. The van der Waals surface area contributed by atoms with Gasteiger partial charge in [-0.1, -0.05) is 29.8 Å². The Balaban J connectivity index is 1.57. The molecule has 0 N–H and O–H groups in total. The van der Waals surface area contributed by atoms with Crippen LogP contribution in [0, 0.1) is 12.7 Å². The second kappa shape index (κ2) is 8.55. The molecule has 2 aromatic carbocycles. The third kappa shape index (κ3) is 4.40. The average Bonchev–Trinajstić information content (AvgIpc) is 3.43. The Hall–Kier alpha value is -3.74. The van der Waals surface area contributed by atoms with Crippen molar-refractivity contribution in [3.05, 3.63) is 89.1 Å². The molecule has 6 nitrogen and oxygen atoms in total. The Morgan fingerprint density at radius 2 is 1.97 bits per heavy atom. The smallest absolute Gasteiger partial charge is 0.281 e. The van der Waals surface area contributed by atoms with Crippen LogP contribution in [0.5, 0.6) is 5.75 Å². The van der Waals surface area contributed by atoms with Gasteiger partial charge in [0.25, 0.3) is 5.91 Å². The van der Waals surface area contributed by atoms with Gasteiger partial charge < -0.3 is 9.15 Å². The first-order chi connectivity index (χ1) is 14.9. The van der Waals surface area contributed by atoms with Crippen molar-refractivity contribution in [2.75, 3.05) is 6.61 Å². The summed E-state index contributed by atoms with van der Waals surface area (Å²) in [6, 6.07) is 14.7. The maximum absolute atomic E-state index is 13.5. The number of hydrogen-bond acceptors (Lipinski definition) is 5. The average molecular weight is 420 g/mol. The highest BCUT2D eigenvalue weighted by molar-refractivity contribution is 6.03. The normalized spacial score (nSPS) is 15.6. The van der Waals surface area contributed by atoms with Crippen LogP contribution >= 0.6 is 0 Å². The minimum atomic E-state index is -0.548. The summed E-state index contributed by atoms with van der Waals surface area (Å²) in [4.78, 5) is 24.8. The maximum Gasteiger partial charge on any atom is 0.281 e. The summed E-state index contributed by atoms with van der Waals surface area (Å²) in [5.74, 6) is -0.531. The van der Waals surface area contributed by atoms with Gasteiger partial charge in [-0.2, -0.15) is 5.10 Å². The van der Waals surface area contributed by atoms with Crippen LogP contribution in [0.2, 0.25) is 0 Å². The number of nitrogens with zero attached hydrogens (tertiary/aromatic N) is 2. The van der Waals surface area contributed by atoms with Gasteiger partial charge in [-0.15, -0.1) is 0 Å². The van der Waals surface area contributed by atoms with E-state index in [9.17, 15) is 14.0 Å². The number of hydrogen-bond donors (Lipinski definition) is 0. The number of benzene rings is 2. The molecule has 0 radical (unpaired) electrons. The molecule has 0 saturated heterocycles. The summed E-state index contributed by atoms with van der Waals surface area (Å²) in [7, 11) is 0. The van der Waals surface area contributed by atoms with Crippen molar-refractivity contribution in [1.82, 2.24) is 5.01 Å². The number of Topliss-reactive ketones (excluding diaryl/α,β-unsaturated/α-hetero) is 1. The highest BCUT2D eigenvalue weighted by atomic mass is 19.1. The van der Waals surface area contributed by atoms with E-state index in [4.69, 9.17) is 9.15 Å². The molecule has 4 rings (SSSR count). The predicted molar refractivity (Wildman–Crippen MR) is 113 cm³/mol. The van der Waals surface area contributed by atoms with E-state index in [1.54, 1.807) is 18.4 Å². The molecule has 1 amide bonds. The van der Waals surface area contributed by atoms with E-state index in [1.165, 1.54) is 24.1 Å². The van der Waals surface area contributed by atoms with Gasteiger partial charge in [0.05, 0.1) is 17.5 Å². The third-order valence-electron chi connectivity index (χ3n) is 5.09. The Bertz CT molecular complexity index is 1140. The summed E-state index contributed by atoms with van der Waals surface area (Å²) in [5.41, 5.74) is 2.91. The minimum Gasteiger partial charge on any atom is -0.483 e. The molecule has 1 aliphatic rings. The number of ether oxygens (including phenoxy) is 1. The van der Waals surface area contributed by atoms with Crippen LogP contribution in [0.25, 0.3) is 0 Å². The summed E-state index contributed by atoms with van der Waals surface area (Å²) in [5, 5.41) is 5.89. The molecule has 31 heavy (non-hydrogen) atoms. The van der Waals surface area contributed by atoms with Gasteiger partial charge in [-0.3, -0.25) is 9.59 Å². The second-order valence-electron chi connectivity index (χ2n) is 7.37. The van der Waals surface area contributed by atoms with Crippen molar-refractivity contribution >= 4 is 17.4 Å². The van der Waals surface area contributed by atoms with Crippen molar-refractivity contribution < 1.29 is 23.1 Å². The van der Waals surface area contributed by atoms with E-state index in [1.807, 2.05) is 31.2 Å². The molecule has 0 bridgehead atoms. The van der Waals surface area contributed by atoms with Gasteiger partial charge in [0.15, 0.2) is 12.4 Å². The lowest BCUT2D eigenvalue weighted by Crippen LogP contribution is -2.31. The summed E-state index contributed by atoms with van der Waals surface area (Å²) >= 11 is 0. The van der Waals surface area contributed by atoms with Crippen LogP contribution in [0.3, 0.4) is 0 Å². The molecule has 0 saturated carbocycles. The van der Waals surface area contributed by atoms with Gasteiger partial charge in [0.1, 0.15) is 23.4 Å². The SMILES string of the molecule is CC(=O)c1cc(F)ccc1OCC(=O)N1N=C(c2ccc(C)cc2)CC1c1ccco1. The number of aryl methyl sites for hydroxylation is 1. The molecule has 1 aromatic heterocycles. The molecule has 158 valence electrons. The fourth-order valence-electron chi connectivity index (χ4n) is 3.47. The lowest BCUT2D eigenvalue weighted by Gasteiger charge is -2.20. The number of ketones is 1. The monoisotopic (exact) mass is 420 g/mol. The topological polar surface area (TPSA) is 72.1 Å². The number of furan rings is 1. The number of carbonyl (C=O) groups is 2. The molecule has 3 aromatic rings. The van der Waals surface area contributed by atoms with Gasteiger partial charge in [0, 0.05) is 6.42 Å². The number of rotatable bonds is 6. The van der Waals surface area contributed by atoms with Gasteiger partial charge >= 0.3 is 0 Å². The molecule has 7 heteroatoms. The molecule has 1 atom stereocenters. The van der Waals surface area contributed by atoms with Crippen LogP contribution in [-0.4, -0.2) is 29.0 Å². The zero-order valence-electron chi connectivity index (χ0n) is 17.2. The molecule has 0 aliphatic carbocycles. The fourth-order valence-corrected chi connectivity index (χ4v) is 3.47. The first-order valence-corrected chi connectivity index (χ1v) is 9.85. The zero-order valence-corrected chi connectivity index (χ0v) is 17.2. The number of hydrazone groups is 1. The lowest BCUT2D eigenvalue weighted by molar-refractivity contribution is -0.135. The summed E-state index contributed by atoms with van der Waals surface area (Å²) in [6.45, 7) is 2.96. The highest BCUT2D eigenvalue weighted by Crippen LogP contribution is 2.33. The maximum atomic E-state index is 13.5. The summed E-state index contributed by atoms with van der Waals surface area (Å²) in [6.07, 6.45) is 2.05. The van der Waals surface area contributed by atoms with E-state index in [0.29, 0.717) is 12.2 Å². The molecule has 2 heterocycles. The predicted octanol–water partition coefficient (Wildman–Crippen LogP) is 4.69. The third-order valence-corrected chi connectivity index (χ3v) is 5.09. The Morgan fingerprint density at radius 3 is 2.65 bits per heavy atom. The van der Waals surface area contributed by atoms with Gasteiger partial charge in [-0.25, -0.2) is 9.40 Å². The van der Waals surface area contributed by atoms with Crippen LogP contribution < -0.4 is 4.74 Å². The first-order valence-electron chi connectivity index (χ1n) is 9.85. The van der Waals surface area contributed by atoms with Crippen molar-refractivity contribution in [2.24, 2.45) is 5.10 Å². The second-order valence-corrected chi connectivity index (χ2v) is 7.37. The zero-order chi connectivity index (χ0) is 22.0. The van der Waals surface area contributed by atoms with Crippen LogP contribution in [0.1, 0.15) is 46.6 Å². The van der Waals surface area contributed by atoms with Crippen molar-refractivity contribution in [3.8, 4) is 5.75 Å². The van der Waals surface area contributed by atoms with Crippen molar-refractivity contribution in [2.45, 2.75) is 26.3 Å². The van der Waals surface area contributed by atoms with E-state index in [-0.39, 0.29) is 23.7 Å². The van der Waals surface area contributed by atoms with Crippen molar-refractivity contribution in [3.63, 3.8) is 0 Å². The number of halogens is 1. The minimum absolute atomic E-state index is 0.0839. The van der Waals surface area contributed by atoms with Crippen LogP contribution in [-0.2, 0) is 4.79 Å². The molecular weight excluding hydrogens is 399 g/mol.